The van der Waals surface area contributed by atoms with Gasteiger partial charge in [0.05, 0.1) is 0 Å². The Morgan fingerprint density at radius 1 is 1.35 bits per heavy atom. The molecule has 1 aromatic heterocycles. The van der Waals surface area contributed by atoms with E-state index in [2.05, 4.69) is 29.8 Å². The lowest BCUT2D eigenvalue weighted by Gasteiger charge is -2.23. The van der Waals surface area contributed by atoms with Gasteiger partial charge in [-0.3, -0.25) is 4.90 Å². The molecule has 0 aromatic carbocycles. The Morgan fingerprint density at radius 3 is 2.94 bits per heavy atom. The van der Waals surface area contributed by atoms with E-state index in [0.717, 1.165) is 18.7 Å². The average Bonchev–Trinajstić information content (AvgIpc) is 2.44. The second-order valence-corrected chi connectivity index (χ2v) is 6.11. The van der Waals surface area contributed by atoms with Crippen molar-refractivity contribution < 1.29 is 0 Å². The summed E-state index contributed by atoms with van der Waals surface area (Å²) in [5.41, 5.74) is 1.64. The monoisotopic (exact) mass is 252 g/mol. The topological polar surface area (TPSA) is 16.1 Å². The van der Waals surface area contributed by atoms with Gasteiger partial charge in [-0.25, -0.2) is 4.98 Å². The fourth-order valence-corrected chi connectivity index (χ4v) is 2.59. The number of hydrogen-bond acceptors (Lipinski definition) is 2. The van der Waals surface area contributed by atoms with E-state index in [9.17, 15) is 0 Å². The zero-order valence-electron chi connectivity index (χ0n) is 10.7. The minimum Gasteiger partial charge on any atom is -0.299 e. The van der Waals surface area contributed by atoms with Crippen LogP contribution < -0.4 is 0 Å². The first-order chi connectivity index (χ1) is 8.07. The molecule has 1 aliphatic heterocycles. The van der Waals surface area contributed by atoms with Crippen LogP contribution in [0.1, 0.15) is 38.7 Å². The van der Waals surface area contributed by atoms with Gasteiger partial charge < -0.3 is 0 Å². The average molecular weight is 253 g/mol. The van der Waals surface area contributed by atoms with E-state index in [4.69, 9.17) is 11.6 Å². The van der Waals surface area contributed by atoms with Gasteiger partial charge in [0.25, 0.3) is 0 Å². The molecule has 2 nitrogen and oxygen atoms in total. The summed E-state index contributed by atoms with van der Waals surface area (Å²) in [5, 5.41) is 0.649. The fourth-order valence-electron chi connectivity index (χ4n) is 2.42. The van der Waals surface area contributed by atoms with Gasteiger partial charge in [-0.1, -0.05) is 31.5 Å². The van der Waals surface area contributed by atoms with Crippen molar-refractivity contribution in [2.24, 2.45) is 5.41 Å². The van der Waals surface area contributed by atoms with Gasteiger partial charge >= 0.3 is 0 Å². The predicted octanol–water partition coefficient (Wildman–Crippen LogP) is 3.75. The molecular weight excluding hydrogens is 232 g/mol. The standard InChI is InChI=1S/C14H21ClN2/c1-14(2)6-4-9-17(10-7-14)11-12-5-3-8-16-13(12)15/h3,5,8H,4,6-7,9-11H2,1-2H3. The largest absolute Gasteiger partial charge is 0.299 e. The van der Waals surface area contributed by atoms with Gasteiger partial charge in [-0.2, -0.15) is 0 Å². The summed E-state index contributed by atoms with van der Waals surface area (Å²) in [7, 11) is 0. The lowest BCUT2D eigenvalue weighted by molar-refractivity contribution is 0.255. The highest BCUT2D eigenvalue weighted by Gasteiger charge is 2.23. The minimum absolute atomic E-state index is 0.494. The Morgan fingerprint density at radius 2 is 2.18 bits per heavy atom. The third kappa shape index (κ3) is 3.68. The van der Waals surface area contributed by atoms with Crippen LogP contribution in [0.25, 0.3) is 0 Å². The predicted molar refractivity (Wildman–Crippen MR) is 72.2 cm³/mol. The third-order valence-electron chi connectivity index (χ3n) is 3.66. The van der Waals surface area contributed by atoms with Gasteiger partial charge in [0.15, 0.2) is 0 Å². The lowest BCUT2D eigenvalue weighted by atomic mass is 9.85. The quantitative estimate of drug-likeness (QED) is 0.746. The molecule has 0 spiro atoms. The van der Waals surface area contributed by atoms with Crippen LogP contribution in [0.5, 0.6) is 0 Å². The number of halogens is 1. The molecule has 3 heteroatoms. The summed E-state index contributed by atoms with van der Waals surface area (Å²) in [6, 6.07) is 4.04. The molecule has 0 radical (unpaired) electrons. The molecular formula is C14H21ClN2. The van der Waals surface area contributed by atoms with Gasteiger partial charge in [0.2, 0.25) is 0 Å². The number of pyridine rings is 1. The lowest BCUT2D eigenvalue weighted by Crippen LogP contribution is -2.25. The van der Waals surface area contributed by atoms with Crippen molar-refractivity contribution in [2.45, 2.75) is 39.7 Å². The van der Waals surface area contributed by atoms with Crippen LogP contribution >= 0.6 is 11.6 Å². The van der Waals surface area contributed by atoms with Crippen LogP contribution in [0, 0.1) is 5.41 Å². The molecule has 1 saturated heterocycles. The van der Waals surface area contributed by atoms with Gasteiger partial charge in [-0.15, -0.1) is 0 Å². The summed E-state index contributed by atoms with van der Waals surface area (Å²) in [6.07, 6.45) is 5.62. The van der Waals surface area contributed by atoms with E-state index in [0.29, 0.717) is 10.6 Å². The van der Waals surface area contributed by atoms with Crippen LogP contribution in [-0.2, 0) is 6.54 Å². The Labute approximate surface area is 109 Å². The van der Waals surface area contributed by atoms with E-state index in [1.54, 1.807) is 6.20 Å². The SMILES string of the molecule is CC1(C)CCCN(Cc2cccnc2Cl)CC1. The molecule has 0 amide bonds. The molecule has 1 fully saturated rings. The highest BCUT2D eigenvalue weighted by atomic mass is 35.5. The van der Waals surface area contributed by atoms with Crippen molar-refractivity contribution in [3.63, 3.8) is 0 Å². The molecule has 0 unspecified atom stereocenters. The normalized spacial score (nSPS) is 21.1. The van der Waals surface area contributed by atoms with Crippen molar-refractivity contribution in [1.29, 1.82) is 0 Å². The molecule has 0 N–H and O–H groups in total. The zero-order valence-corrected chi connectivity index (χ0v) is 11.5. The van der Waals surface area contributed by atoms with Gasteiger partial charge in [0.1, 0.15) is 5.15 Å². The number of likely N-dealkylation sites (tertiary alicyclic amines) is 1. The molecule has 2 heterocycles. The highest BCUT2D eigenvalue weighted by Crippen LogP contribution is 2.30. The molecule has 17 heavy (non-hydrogen) atoms. The Balaban J connectivity index is 1.98. The zero-order chi connectivity index (χ0) is 12.3. The van der Waals surface area contributed by atoms with Gasteiger partial charge in [-0.05, 0) is 43.8 Å². The molecule has 1 aliphatic rings. The molecule has 0 bridgehead atoms. The van der Waals surface area contributed by atoms with Crippen molar-refractivity contribution in [2.75, 3.05) is 13.1 Å². The summed E-state index contributed by atoms with van der Waals surface area (Å²) >= 11 is 6.10. The van der Waals surface area contributed by atoms with E-state index >= 15 is 0 Å². The number of hydrogen-bond donors (Lipinski definition) is 0. The second kappa shape index (κ2) is 5.36. The van der Waals surface area contributed by atoms with Crippen LogP contribution in [0.4, 0.5) is 0 Å². The van der Waals surface area contributed by atoms with Crippen molar-refractivity contribution in [1.82, 2.24) is 9.88 Å². The molecule has 2 rings (SSSR count). The summed E-state index contributed by atoms with van der Waals surface area (Å²) in [5.74, 6) is 0. The molecule has 0 aliphatic carbocycles. The molecule has 1 aromatic rings. The molecule has 0 atom stereocenters. The Hall–Kier alpha value is -0.600. The number of aromatic nitrogens is 1. The summed E-state index contributed by atoms with van der Waals surface area (Å²) in [6.45, 7) is 8.01. The first-order valence-corrected chi connectivity index (χ1v) is 6.76. The number of nitrogens with zero attached hydrogens (tertiary/aromatic N) is 2. The maximum absolute atomic E-state index is 6.10. The minimum atomic E-state index is 0.494. The Kier molecular flexibility index (Phi) is 4.05. The van der Waals surface area contributed by atoms with Crippen molar-refractivity contribution in [3.05, 3.63) is 29.0 Å². The maximum Gasteiger partial charge on any atom is 0.133 e. The smallest absolute Gasteiger partial charge is 0.133 e. The highest BCUT2D eigenvalue weighted by molar-refractivity contribution is 6.30. The molecule has 94 valence electrons. The van der Waals surface area contributed by atoms with E-state index in [1.165, 1.54) is 25.8 Å². The maximum atomic E-state index is 6.10. The third-order valence-corrected chi connectivity index (χ3v) is 4.00. The van der Waals surface area contributed by atoms with E-state index in [-0.39, 0.29) is 0 Å². The van der Waals surface area contributed by atoms with Gasteiger partial charge in [0, 0.05) is 18.3 Å². The van der Waals surface area contributed by atoms with Crippen molar-refractivity contribution >= 4 is 11.6 Å². The number of rotatable bonds is 2. The summed E-state index contributed by atoms with van der Waals surface area (Å²) < 4.78 is 0. The first-order valence-electron chi connectivity index (χ1n) is 6.39. The van der Waals surface area contributed by atoms with Crippen LogP contribution in [0.3, 0.4) is 0 Å². The fraction of sp³-hybridized carbons (Fsp3) is 0.643. The second-order valence-electron chi connectivity index (χ2n) is 5.75. The van der Waals surface area contributed by atoms with E-state index < -0.39 is 0 Å². The Bertz CT molecular complexity index is 376. The van der Waals surface area contributed by atoms with Crippen molar-refractivity contribution in [3.8, 4) is 0 Å². The van der Waals surface area contributed by atoms with E-state index in [1.807, 2.05) is 6.07 Å². The van der Waals surface area contributed by atoms with Crippen LogP contribution in [0.15, 0.2) is 18.3 Å². The molecule has 0 saturated carbocycles. The van der Waals surface area contributed by atoms with Crippen LogP contribution in [-0.4, -0.2) is 23.0 Å². The first kappa shape index (κ1) is 12.8. The summed E-state index contributed by atoms with van der Waals surface area (Å²) in [4.78, 5) is 6.63. The van der Waals surface area contributed by atoms with Crippen LogP contribution in [0.2, 0.25) is 5.15 Å².